The van der Waals surface area contributed by atoms with E-state index in [9.17, 15) is 4.79 Å². The number of carbonyl (C=O) groups excluding carboxylic acids is 1. The zero-order chi connectivity index (χ0) is 11.5. The summed E-state index contributed by atoms with van der Waals surface area (Å²) >= 11 is 1.45. The Kier molecular flexibility index (Phi) is 2.78. The summed E-state index contributed by atoms with van der Waals surface area (Å²) < 4.78 is 0. The molecule has 0 spiro atoms. The monoisotopic (exact) mass is 233 g/mol. The van der Waals surface area contributed by atoms with Gasteiger partial charge in [0.2, 0.25) is 0 Å². The lowest BCUT2D eigenvalue weighted by atomic mass is 10.2. The van der Waals surface area contributed by atoms with Crippen LogP contribution >= 0.6 is 11.3 Å². The Hall–Kier alpha value is -2.01. The molecule has 1 heterocycles. The fraction of sp³-hybridized carbons (Fsp3) is 0. The zero-order valence-electron chi connectivity index (χ0n) is 8.44. The molecule has 1 aromatic heterocycles. The van der Waals surface area contributed by atoms with E-state index in [1.165, 1.54) is 11.3 Å². The summed E-state index contributed by atoms with van der Waals surface area (Å²) in [5.74, 6) is -0.190. The van der Waals surface area contributed by atoms with Gasteiger partial charge < -0.3 is 16.8 Å². The fourth-order valence-electron chi connectivity index (χ4n) is 1.24. The molecule has 0 atom stereocenters. The second-order valence-corrected chi connectivity index (χ2v) is 4.06. The summed E-state index contributed by atoms with van der Waals surface area (Å²) in [5.41, 5.74) is 13.6. The van der Waals surface area contributed by atoms with E-state index in [0.717, 1.165) is 0 Å². The molecule has 0 unspecified atom stereocenters. The van der Waals surface area contributed by atoms with Crippen molar-refractivity contribution in [2.24, 2.45) is 0 Å². The number of hydrogen-bond donors (Lipinski definition) is 3. The normalized spacial score (nSPS) is 10.0. The highest BCUT2D eigenvalue weighted by atomic mass is 32.1. The number of rotatable bonds is 2. The second kappa shape index (κ2) is 4.24. The van der Waals surface area contributed by atoms with E-state index in [1.54, 1.807) is 35.0 Å². The van der Waals surface area contributed by atoms with Crippen LogP contribution in [-0.4, -0.2) is 5.91 Å². The lowest BCUT2D eigenvalue weighted by molar-refractivity contribution is 0.102. The van der Waals surface area contributed by atoms with Gasteiger partial charge in [0, 0.05) is 22.0 Å². The first-order valence-electron chi connectivity index (χ1n) is 4.65. The number of nitrogens with two attached hydrogens (primary N) is 2. The standard InChI is InChI=1S/C11H11N3OS/c12-8-3-1-7(2-4-8)11(15)14-10-6-16-5-9(10)13/h1-6H,12-13H2,(H,14,15). The summed E-state index contributed by atoms with van der Waals surface area (Å²) in [4.78, 5) is 11.8. The zero-order valence-corrected chi connectivity index (χ0v) is 9.25. The minimum Gasteiger partial charge on any atom is -0.399 e. The van der Waals surface area contributed by atoms with E-state index in [4.69, 9.17) is 11.5 Å². The summed E-state index contributed by atoms with van der Waals surface area (Å²) in [7, 11) is 0. The van der Waals surface area contributed by atoms with Crippen LogP contribution in [0, 0.1) is 0 Å². The minimum atomic E-state index is -0.190. The van der Waals surface area contributed by atoms with Crippen molar-refractivity contribution in [3.8, 4) is 0 Å². The van der Waals surface area contributed by atoms with E-state index in [0.29, 0.717) is 22.6 Å². The van der Waals surface area contributed by atoms with Crippen molar-refractivity contribution < 1.29 is 4.79 Å². The number of anilines is 3. The number of hydrogen-bond acceptors (Lipinski definition) is 4. The lowest BCUT2D eigenvalue weighted by Gasteiger charge is -2.04. The van der Waals surface area contributed by atoms with Crippen LogP contribution in [0.25, 0.3) is 0 Å². The quantitative estimate of drug-likeness (QED) is 0.695. The Morgan fingerprint density at radius 2 is 1.81 bits per heavy atom. The smallest absolute Gasteiger partial charge is 0.255 e. The number of amides is 1. The average molecular weight is 233 g/mol. The highest BCUT2D eigenvalue weighted by molar-refractivity contribution is 7.09. The first-order chi connectivity index (χ1) is 7.66. The van der Waals surface area contributed by atoms with Crippen molar-refractivity contribution >= 4 is 34.3 Å². The van der Waals surface area contributed by atoms with Crippen LogP contribution in [0.3, 0.4) is 0 Å². The Labute approximate surface area is 96.9 Å². The molecule has 0 aliphatic heterocycles. The van der Waals surface area contributed by atoms with Crippen molar-refractivity contribution in [2.75, 3.05) is 16.8 Å². The Bertz CT molecular complexity index is 504. The molecule has 0 bridgehead atoms. The van der Waals surface area contributed by atoms with Gasteiger partial charge in [-0.2, -0.15) is 0 Å². The second-order valence-electron chi connectivity index (χ2n) is 3.32. The molecular weight excluding hydrogens is 222 g/mol. The van der Waals surface area contributed by atoms with E-state index >= 15 is 0 Å². The molecular formula is C11H11N3OS. The molecule has 0 fully saturated rings. The molecule has 4 nitrogen and oxygen atoms in total. The molecule has 5 N–H and O–H groups in total. The van der Waals surface area contributed by atoms with Gasteiger partial charge in [0.05, 0.1) is 11.4 Å². The molecule has 0 saturated carbocycles. The first kappa shape index (κ1) is 10.5. The fourth-order valence-corrected chi connectivity index (χ4v) is 1.91. The molecule has 0 aliphatic carbocycles. The molecule has 1 aromatic carbocycles. The molecule has 5 heteroatoms. The highest BCUT2D eigenvalue weighted by Crippen LogP contribution is 2.23. The lowest BCUT2D eigenvalue weighted by Crippen LogP contribution is -2.12. The predicted octanol–water partition coefficient (Wildman–Crippen LogP) is 2.16. The van der Waals surface area contributed by atoms with Gasteiger partial charge in [0.1, 0.15) is 0 Å². The van der Waals surface area contributed by atoms with Crippen molar-refractivity contribution in [2.45, 2.75) is 0 Å². The SMILES string of the molecule is Nc1ccc(C(=O)Nc2cscc2N)cc1. The van der Waals surface area contributed by atoms with Gasteiger partial charge in [0.15, 0.2) is 0 Å². The molecule has 0 radical (unpaired) electrons. The number of nitrogen functional groups attached to an aromatic ring is 2. The topological polar surface area (TPSA) is 81.1 Å². The minimum absolute atomic E-state index is 0.190. The van der Waals surface area contributed by atoms with Crippen LogP contribution in [-0.2, 0) is 0 Å². The average Bonchev–Trinajstić information content (AvgIpc) is 2.65. The summed E-state index contributed by atoms with van der Waals surface area (Å²) in [6, 6.07) is 6.72. The predicted molar refractivity (Wildman–Crippen MR) is 67.5 cm³/mol. The van der Waals surface area contributed by atoms with Crippen LogP contribution in [0.4, 0.5) is 17.1 Å². The van der Waals surface area contributed by atoms with Gasteiger partial charge in [-0.15, -0.1) is 11.3 Å². The number of carbonyl (C=O) groups is 1. The van der Waals surface area contributed by atoms with Gasteiger partial charge in [-0.25, -0.2) is 0 Å². The molecule has 0 aliphatic rings. The third kappa shape index (κ3) is 2.14. The summed E-state index contributed by atoms with van der Waals surface area (Å²) in [5, 5.41) is 6.30. The van der Waals surface area contributed by atoms with Gasteiger partial charge in [-0.3, -0.25) is 4.79 Å². The maximum atomic E-state index is 11.8. The third-order valence-corrected chi connectivity index (χ3v) is 2.87. The number of nitrogens with one attached hydrogen (secondary N) is 1. The van der Waals surface area contributed by atoms with Crippen molar-refractivity contribution in [1.82, 2.24) is 0 Å². The molecule has 0 saturated heterocycles. The molecule has 2 rings (SSSR count). The van der Waals surface area contributed by atoms with Gasteiger partial charge >= 0.3 is 0 Å². The van der Waals surface area contributed by atoms with Crippen LogP contribution in [0.2, 0.25) is 0 Å². The van der Waals surface area contributed by atoms with E-state index in [-0.39, 0.29) is 5.91 Å². The molecule has 16 heavy (non-hydrogen) atoms. The van der Waals surface area contributed by atoms with Crippen LogP contribution < -0.4 is 16.8 Å². The van der Waals surface area contributed by atoms with E-state index in [2.05, 4.69) is 5.32 Å². The number of benzene rings is 1. The maximum Gasteiger partial charge on any atom is 0.255 e. The first-order valence-corrected chi connectivity index (χ1v) is 5.59. The molecule has 1 amide bonds. The van der Waals surface area contributed by atoms with Gasteiger partial charge in [0.25, 0.3) is 5.91 Å². The maximum absolute atomic E-state index is 11.8. The van der Waals surface area contributed by atoms with Crippen molar-refractivity contribution in [1.29, 1.82) is 0 Å². The van der Waals surface area contributed by atoms with Gasteiger partial charge in [-0.1, -0.05) is 0 Å². The van der Waals surface area contributed by atoms with Crippen molar-refractivity contribution in [3.05, 3.63) is 40.6 Å². The Morgan fingerprint density at radius 3 is 2.38 bits per heavy atom. The van der Waals surface area contributed by atoms with Gasteiger partial charge in [-0.05, 0) is 24.3 Å². The number of thiophene rings is 1. The summed E-state index contributed by atoms with van der Waals surface area (Å²) in [6.45, 7) is 0. The summed E-state index contributed by atoms with van der Waals surface area (Å²) in [6.07, 6.45) is 0. The van der Waals surface area contributed by atoms with Crippen LogP contribution in [0.5, 0.6) is 0 Å². The third-order valence-electron chi connectivity index (χ3n) is 2.11. The Balaban J connectivity index is 2.15. The molecule has 82 valence electrons. The molecule has 2 aromatic rings. The van der Waals surface area contributed by atoms with Crippen LogP contribution in [0.1, 0.15) is 10.4 Å². The van der Waals surface area contributed by atoms with Crippen LogP contribution in [0.15, 0.2) is 35.0 Å². The van der Waals surface area contributed by atoms with E-state index < -0.39 is 0 Å². The largest absolute Gasteiger partial charge is 0.399 e. The highest BCUT2D eigenvalue weighted by Gasteiger charge is 2.07. The Morgan fingerprint density at radius 1 is 1.12 bits per heavy atom. The van der Waals surface area contributed by atoms with E-state index in [1.807, 2.05) is 0 Å². The van der Waals surface area contributed by atoms with Crippen molar-refractivity contribution in [3.63, 3.8) is 0 Å².